The number of rotatable bonds is 5. The van der Waals surface area contributed by atoms with E-state index in [0.717, 1.165) is 24.5 Å². The van der Waals surface area contributed by atoms with Gasteiger partial charge in [-0.25, -0.2) is 9.97 Å². The minimum absolute atomic E-state index is 0.138. The van der Waals surface area contributed by atoms with E-state index in [4.69, 9.17) is 0 Å². The molecular weight excluding hydrogens is 268 g/mol. The Hall–Kier alpha value is -1.98. The van der Waals surface area contributed by atoms with Gasteiger partial charge in [-0.3, -0.25) is 14.5 Å². The van der Waals surface area contributed by atoms with Crippen LogP contribution in [-0.4, -0.2) is 33.2 Å². The van der Waals surface area contributed by atoms with Crippen LogP contribution in [0.4, 0.5) is 5.82 Å². The van der Waals surface area contributed by atoms with Gasteiger partial charge in [-0.2, -0.15) is 0 Å². The number of amides is 2. The third kappa shape index (κ3) is 3.20. The van der Waals surface area contributed by atoms with Crippen molar-refractivity contribution in [1.82, 2.24) is 14.9 Å². The summed E-state index contributed by atoms with van der Waals surface area (Å²) in [4.78, 5) is 34.2. The Morgan fingerprint density at radius 3 is 2.38 bits per heavy atom. The van der Waals surface area contributed by atoms with Gasteiger partial charge in [0.05, 0.1) is 6.54 Å². The van der Waals surface area contributed by atoms with E-state index in [9.17, 15) is 9.59 Å². The number of anilines is 1. The first-order chi connectivity index (χ1) is 9.93. The van der Waals surface area contributed by atoms with Gasteiger partial charge in [-0.15, -0.1) is 0 Å². The highest BCUT2D eigenvalue weighted by Gasteiger charge is 2.42. The normalized spacial score (nSPS) is 22.0. The molecule has 6 heteroatoms. The van der Waals surface area contributed by atoms with Crippen molar-refractivity contribution in [3.8, 4) is 0 Å². The van der Waals surface area contributed by atoms with Crippen molar-refractivity contribution in [3.63, 3.8) is 0 Å². The van der Waals surface area contributed by atoms with Gasteiger partial charge >= 0.3 is 0 Å². The number of likely N-dealkylation sites (tertiary alicyclic amines) is 1. The summed E-state index contributed by atoms with van der Waals surface area (Å²) in [6.45, 7) is 8.50. The summed E-state index contributed by atoms with van der Waals surface area (Å²) in [6, 6.07) is 1.86. The van der Waals surface area contributed by atoms with E-state index < -0.39 is 0 Å². The van der Waals surface area contributed by atoms with E-state index in [1.54, 1.807) is 13.8 Å². The number of carbonyl (C=O) groups is 2. The van der Waals surface area contributed by atoms with Crippen LogP contribution in [0.5, 0.6) is 0 Å². The number of aromatic nitrogens is 2. The van der Waals surface area contributed by atoms with E-state index in [1.807, 2.05) is 13.0 Å². The molecule has 1 aliphatic rings. The summed E-state index contributed by atoms with van der Waals surface area (Å²) >= 11 is 0. The van der Waals surface area contributed by atoms with Crippen molar-refractivity contribution in [1.29, 1.82) is 0 Å². The molecule has 2 rings (SSSR count). The Morgan fingerprint density at radius 2 is 1.81 bits per heavy atom. The van der Waals surface area contributed by atoms with Crippen molar-refractivity contribution < 1.29 is 9.59 Å². The molecule has 2 unspecified atom stereocenters. The minimum atomic E-state index is -0.264. The zero-order valence-corrected chi connectivity index (χ0v) is 13.0. The van der Waals surface area contributed by atoms with Crippen molar-refractivity contribution in [3.05, 3.63) is 17.6 Å². The molecule has 1 N–H and O–H groups in total. The van der Waals surface area contributed by atoms with Crippen LogP contribution in [0.3, 0.4) is 0 Å². The zero-order chi connectivity index (χ0) is 15.6. The summed E-state index contributed by atoms with van der Waals surface area (Å²) in [6.07, 6.45) is 0.997. The average Bonchev–Trinajstić information content (AvgIpc) is 2.62. The Morgan fingerprint density at radius 1 is 1.19 bits per heavy atom. The summed E-state index contributed by atoms with van der Waals surface area (Å²) < 4.78 is 0. The predicted molar refractivity (Wildman–Crippen MR) is 79.4 cm³/mol. The molecule has 0 spiro atoms. The average molecular weight is 290 g/mol. The first-order valence-electron chi connectivity index (χ1n) is 7.37. The number of carbonyl (C=O) groups excluding carboxylic acids is 2. The maximum Gasteiger partial charge on any atom is 0.233 e. The van der Waals surface area contributed by atoms with Crippen LogP contribution in [0.15, 0.2) is 6.07 Å². The number of imide groups is 1. The zero-order valence-electron chi connectivity index (χ0n) is 13.0. The van der Waals surface area contributed by atoms with Crippen LogP contribution in [0.2, 0.25) is 0 Å². The fraction of sp³-hybridized carbons (Fsp3) is 0.600. The molecule has 2 atom stereocenters. The lowest BCUT2D eigenvalue weighted by Crippen LogP contribution is -2.31. The fourth-order valence-electron chi connectivity index (χ4n) is 2.37. The van der Waals surface area contributed by atoms with Crippen molar-refractivity contribution in [2.75, 3.05) is 11.9 Å². The number of hydrogen-bond acceptors (Lipinski definition) is 5. The van der Waals surface area contributed by atoms with Crippen LogP contribution in [-0.2, 0) is 16.1 Å². The summed E-state index contributed by atoms with van der Waals surface area (Å²) in [5.74, 6) is 0.428. The Bertz CT molecular complexity index is 539. The molecule has 2 amide bonds. The van der Waals surface area contributed by atoms with E-state index in [-0.39, 0.29) is 30.2 Å². The second-order valence-corrected chi connectivity index (χ2v) is 5.58. The lowest BCUT2D eigenvalue weighted by Gasteiger charge is -2.14. The monoisotopic (exact) mass is 290 g/mol. The van der Waals surface area contributed by atoms with Gasteiger partial charge in [0, 0.05) is 30.1 Å². The van der Waals surface area contributed by atoms with Gasteiger partial charge in [0.1, 0.15) is 5.82 Å². The number of nitrogens with one attached hydrogen (secondary N) is 1. The number of aryl methyl sites for hydroxylation is 1. The van der Waals surface area contributed by atoms with Gasteiger partial charge in [-0.05, 0) is 13.3 Å². The third-order valence-corrected chi connectivity index (χ3v) is 3.82. The fourth-order valence-corrected chi connectivity index (χ4v) is 2.37. The molecule has 1 aromatic heterocycles. The molecule has 114 valence electrons. The molecule has 6 nitrogen and oxygen atoms in total. The standard InChI is InChI=1S/C15H22N4O2/c1-5-6-16-12-7-9(2)17-13(18-12)8-19-14(20)10(3)11(4)15(19)21/h7,10-11H,5-6,8H2,1-4H3,(H,16,17,18). The van der Waals surface area contributed by atoms with Gasteiger partial charge in [-0.1, -0.05) is 20.8 Å². The van der Waals surface area contributed by atoms with Crippen LogP contribution < -0.4 is 5.32 Å². The molecule has 1 fully saturated rings. The SMILES string of the molecule is CCCNc1cc(C)nc(CN2C(=O)C(C)C(C)C2=O)n1. The first kappa shape index (κ1) is 15.4. The van der Waals surface area contributed by atoms with Crippen molar-refractivity contribution in [2.24, 2.45) is 11.8 Å². The minimum Gasteiger partial charge on any atom is -0.370 e. The van der Waals surface area contributed by atoms with Crippen LogP contribution >= 0.6 is 0 Å². The van der Waals surface area contributed by atoms with Gasteiger partial charge in [0.2, 0.25) is 11.8 Å². The molecule has 1 aromatic rings. The molecule has 0 aliphatic carbocycles. The van der Waals surface area contributed by atoms with Gasteiger partial charge in [0.25, 0.3) is 0 Å². The highest BCUT2D eigenvalue weighted by Crippen LogP contribution is 2.26. The van der Waals surface area contributed by atoms with E-state index in [0.29, 0.717) is 5.82 Å². The molecular formula is C15H22N4O2. The van der Waals surface area contributed by atoms with Gasteiger partial charge in [0.15, 0.2) is 5.82 Å². The topological polar surface area (TPSA) is 75.2 Å². The molecule has 0 bridgehead atoms. The predicted octanol–water partition coefficient (Wildman–Crippen LogP) is 1.75. The lowest BCUT2D eigenvalue weighted by atomic mass is 10.00. The Kier molecular flexibility index (Phi) is 4.55. The molecule has 0 radical (unpaired) electrons. The Labute approximate surface area is 125 Å². The maximum absolute atomic E-state index is 12.1. The van der Waals surface area contributed by atoms with Crippen LogP contribution in [0.25, 0.3) is 0 Å². The smallest absolute Gasteiger partial charge is 0.233 e. The molecule has 0 aromatic carbocycles. The number of nitrogens with zero attached hydrogens (tertiary/aromatic N) is 3. The van der Waals surface area contributed by atoms with Crippen molar-refractivity contribution in [2.45, 2.75) is 40.7 Å². The van der Waals surface area contributed by atoms with E-state index in [2.05, 4.69) is 22.2 Å². The van der Waals surface area contributed by atoms with Crippen LogP contribution in [0, 0.1) is 18.8 Å². The Balaban J connectivity index is 2.18. The maximum atomic E-state index is 12.1. The highest BCUT2D eigenvalue weighted by molar-refractivity contribution is 6.04. The molecule has 21 heavy (non-hydrogen) atoms. The quantitative estimate of drug-likeness (QED) is 0.836. The third-order valence-electron chi connectivity index (χ3n) is 3.82. The molecule has 1 saturated heterocycles. The van der Waals surface area contributed by atoms with Crippen molar-refractivity contribution >= 4 is 17.6 Å². The first-order valence-corrected chi connectivity index (χ1v) is 7.37. The van der Waals surface area contributed by atoms with Crippen LogP contribution in [0.1, 0.15) is 38.7 Å². The molecule has 2 heterocycles. The summed E-state index contributed by atoms with van der Waals surface area (Å²) in [5, 5.41) is 3.20. The second kappa shape index (κ2) is 6.20. The number of hydrogen-bond donors (Lipinski definition) is 1. The molecule has 1 aliphatic heterocycles. The van der Waals surface area contributed by atoms with E-state index in [1.165, 1.54) is 4.90 Å². The lowest BCUT2D eigenvalue weighted by molar-refractivity contribution is -0.140. The summed E-state index contributed by atoms with van der Waals surface area (Å²) in [7, 11) is 0. The van der Waals surface area contributed by atoms with Gasteiger partial charge < -0.3 is 5.32 Å². The highest BCUT2D eigenvalue weighted by atomic mass is 16.2. The second-order valence-electron chi connectivity index (χ2n) is 5.58. The molecule has 0 saturated carbocycles. The van der Waals surface area contributed by atoms with E-state index >= 15 is 0 Å². The summed E-state index contributed by atoms with van der Waals surface area (Å²) in [5.41, 5.74) is 0.818. The largest absolute Gasteiger partial charge is 0.370 e.